The van der Waals surface area contributed by atoms with Crippen LogP contribution in [0.3, 0.4) is 0 Å². The number of benzene rings is 1. The van der Waals surface area contributed by atoms with Crippen molar-refractivity contribution in [1.82, 2.24) is 5.32 Å². The van der Waals surface area contributed by atoms with Gasteiger partial charge in [0.05, 0.1) is 19.3 Å². The lowest BCUT2D eigenvalue weighted by atomic mass is 10.0. The predicted octanol–water partition coefficient (Wildman–Crippen LogP) is 1.36. The number of nitrogens with one attached hydrogen (secondary N) is 1. The number of aryl methyl sites for hydroxylation is 1. The average Bonchev–Trinajstić information content (AvgIpc) is 2.23. The molecule has 0 bridgehead atoms. The molecule has 1 aliphatic heterocycles. The Morgan fingerprint density at radius 3 is 3.00 bits per heavy atom. The van der Waals surface area contributed by atoms with Gasteiger partial charge in [-0.25, -0.2) is 0 Å². The summed E-state index contributed by atoms with van der Waals surface area (Å²) in [5.74, 6) is 0.356. The first kappa shape index (κ1) is 9.49. The van der Waals surface area contributed by atoms with Crippen molar-refractivity contribution in [3.8, 4) is 5.75 Å². The van der Waals surface area contributed by atoms with E-state index in [1.165, 1.54) is 0 Å². The van der Waals surface area contributed by atoms with Crippen LogP contribution in [0.5, 0.6) is 5.75 Å². The monoisotopic (exact) mass is 193 g/mol. The highest BCUT2D eigenvalue weighted by Crippen LogP contribution is 2.23. The minimum absolute atomic E-state index is 0.218. The van der Waals surface area contributed by atoms with E-state index < -0.39 is 0 Å². The summed E-state index contributed by atoms with van der Waals surface area (Å²) in [5.41, 5.74) is 2.00. The largest absolute Gasteiger partial charge is 0.508 e. The topological polar surface area (TPSA) is 41.5 Å². The fourth-order valence-electron chi connectivity index (χ4n) is 1.62. The second kappa shape index (κ2) is 3.98. The van der Waals surface area contributed by atoms with Crippen molar-refractivity contribution in [3.05, 3.63) is 29.3 Å². The molecule has 3 heteroatoms. The minimum Gasteiger partial charge on any atom is -0.508 e. The second-order valence-corrected chi connectivity index (χ2v) is 3.63. The maximum absolute atomic E-state index is 9.56. The maximum atomic E-state index is 9.56. The molecule has 1 aromatic carbocycles. The van der Waals surface area contributed by atoms with E-state index in [9.17, 15) is 5.11 Å². The van der Waals surface area contributed by atoms with Gasteiger partial charge in [0.2, 0.25) is 0 Å². The van der Waals surface area contributed by atoms with Gasteiger partial charge in [0.15, 0.2) is 0 Å². The molecule has 0 amide bonds. The van der Waals surface area contributed by atoms with Gasteiger partial charge in [-0.2, -0.15) is 0 Å². The molecule has 0 aliphatic carbocycles. The van der Waals surface area contributed by atoms with Crippen molar-refractivity contribution in [1.29, 1.82) is 0 Å². The van der Waals surface area contributed by atoms with Crippen molar-refractivity contribution < 1.29 is 9.84 Å². The summed E-state index contributed by atoms with van der Waals surface area (Å²) in [6, 6.07) is 5.99. The molecule has 0 radical (unpaired) electrons. The van der Waals surface area contributed by atoms with Crippen LogP contribution in [0.15, 0.2) is 18.2 Å². The molecule has 2 N–H and O–H groups in total. The number of ether oxygens (including phenoxy) is 1. The van der Waals surface area contributed by atoms with Crippen molar-refractivity contribution in [2.45, 2.75) is 13.0 Å². The molecule has 0 aromatic heterocycles. The van der Waals surface area contributed by atoms with Crippen LogP contribution in [0.2, 0.25) is 0 Å². The van der Waals surface area contributed by atoms with Crippen LogP contribution < -0.4 is 5.32 Å². The molecule has 14 heavy (non-hydrogen) atoms. The first-order chi connectivity index (χ1) is 6.77. The van der Waals surface area contributed by atoms with Crippen molar-refractivity contribution in [2.24, 2.45) is 0 Å². The van der Waals surface area contributed by atoms with Crippen molar-refractivity contribution >= 4 is 0 Å². The number of hydrogen-bond donors (Lipinski definition) is 2. The standard InChI is InChI=1S/C11H15NO2/c1-8-2-3-9(6-11(8)13)10-7-14-5-4-12-10/h2-3,6,10,12-13H,4-5,7H2,1H3. The summed E-state index contributed by atoms with van der Waals surface area (Å²) in [5, 5.41) is 12.9. The second-order valence-electron chi connectivity index (χ2n) is 3.63. The Balaban J connectivity index is 2.18. The van der Waals surface area contributed by atoms with E-state index in [2.05, 4.69) is 5.32 Å². The van der Waals surface area contributed by atoms with Gasteiger partial charge < -0.3 is 15.2 Å². The normalized spacial score (nSPS) is 22.2. The third-order valence-corrected chi connectivity index (χ3v) is 2.56. The Labute approximate surface area is 83.7 Å². The molecule has 2 rings (SSSR count). The predicted molar refractivity (Wildman–Crippen MR) is 54.4 cm³/mol. The van der Waals surface area contributed by atoms with E-state index in [0.29, 0.717) is 12.4 Å². The van der Waals surface area contributed by atoms with Gasteiger partial charge in [-0.1, -0.05) is 12.1 Å². The summed E-state index contributed by atoms with van der Waals surface area (Å²) in [6.07, 6.45) is 0. The molecular weight excluding hydrogens is 178 g/mol. The van der Waals surface area contributed by atoms with Gasteiger partial charge in [-0.15, -0.1) is 0 Å². The van der Waals surface area contributed by atoms with Crippen LogP contribution in [0.25, 0.3) is 0 Å². The van der Waals surface area contributed by atoms with E-state index in [4.69, 9.17) is 4.74 Å². The zero-order valence-corrected chi connectivity index (χ0v) is 8.29. The van der Waals surface area contributed by atoms with E-state index >= 15 is 0 Å². The average molecular weight is 193 g/mol. The van der Waals surface area contributed by atoms with Crippen molar-refractivity contribution in [3.63, 3.8) is 0 Å². The Kier molecular flexibility index (Phi) is 2.70. The first-order valence-corrected chi connectivity index (χ1v) is 4.88. The van der Waals surface area contributed by atoms with Gasteiger partial charge in [-0.3, -0.25) is 0 Å². The van der Waals surface area contributed by atoms with Gasteiger partial charge >= 0.3 is 0 Å². The lowest BCUT2D eigenvalue weighted by Gasteiger charge is -2.24. The SMILES string of the molecule is Cc1ccc(C2COCCN2)cc1O. The van der Waals surface area contributed by atoms with E-state index in [1.807, 2.05) is 25.1 Å². The van der Waals surface area contributed by atoms with E-state index in [1.54, 1.807) is 0 Å². The smallest absolute Gasteiger partial charge is 0.118 e. The fraction of sp³-hybridized carbons (Fsp3) is 0.455. The first-order valence-electron chi connectivity index (χ1n) is 4.88. The third-order valence-electron chi connectivity index (χ3n) is 2.56. The lowest BCUT2D eigenvalue weighted by molar-refractivity contribution is 0.0768. The summed E-state index contributed by atoms with van der Waals surface area (Å²) < 4.78 is 5.36. The number of morpholine rings is 1. The molecule has 1 heterocycles. The number of aromatic hydroxyl groups is 1. The lowest BCUT2D eigenvalue weighted by Crippen LogP contribution is -2.34. The van der Waals surface area contributed by atoms with E-state index in [-0.39, 0.29) is 6.04 Å². The van der Waals surface area contributed by atoms with Gasteiger partial charge in [0.1, 0.15) is 5.75 Å². The molecule has 1 saturated heterocycles. The summed E-state index contributed by atoms with van der Waals surface area (Å²) in [4.78, 5) is 0. The quantitative estimate of drug-likeness (QED) is 0.707. The molecule has 76 valence electrons. The molecule has 1 aliphatic rings. The van der Waals surface area contributed by atoms with Crippen LogP contribution >= 0.6 is 0 Å². The number of phenolic OH excluding ortho intramolecular Hbond substituents is 1. The number of rotatable bonds is 1. The minimum atomic E-state index is 0.218. The molecule has 1 aromatic rings. The van der Waals surface area contributed by atoms with Gasteiger partial charge in [-0.05, 0) is 24.1 Å². The molecular formula is C11H15NO2. The molecule has 3 nitrogen and oxygen atoms in total. The number of phenols is 1. The highest BCUT2D eigenvalue weighted by molar-refractivity contribution is 5.36. The molecule has 1 atom stereocenters. The van der Waals surface area contributed by atoms with Crippen LogP contribution in [0.4, 0.5) is 0 Å². The van der Waals surface area contributed by atoms with Gasteiger partial charge in [0.25, 0.3) is 0 Å². The Bertz CT molecular complexity index is 319. The zero-order chi connectivity index (χ0) is 9.97. The summed E-state index contributed by atoms with van der Waals surface area (Å²) in [6.45, 7) is 4.22. The fourth-order valence-corrected chi connectivity index (χ4v) is 1.62. The Hall–Kier alpha value is -1.06. The Morgan fingerprint density at radius 2 is 2.36 bits per heavy atom. The highest BCUT2D eigenvalue weighted by atomic mass is 16.5. The summed E-state index contributed by atoms with van der Waals surface area (Å²) >= 11 is 0. The van der Waals surface area contributed by atoms with E-state index in [0.717, 1.165) is 24.3 Å². The van der Waals surface area contributed by atoms with Crippen LogP contribution in [-0.2, 0) is 4.74 Å². The third kappa shape index (κ3) is 1.89. The number of hydrogen-bond acceptors (Lipinski definition) is 3. The Morgan fingerprint density at radius 1 is 1.50 bits per heavy atom. The molecule has 0 saturated carbocycles. The van der Waals surface area contributed by atoms with Crippen LogP contribution in [0.1, 0.15) is 17.2 Å². The van der Waals surface area contributed by atoms with Crippen molar-refractivity contribution in [2.75, 3.05) is 19.8 Å². The molecule has 1 fully saturated rings. The molecule has 0 spiro atoms. The summed E-state index contributed by atoms with van der Waals surface area (Å²) in [7, 11) is 0. The highest BCUT2D eigenvalue weighted by Gasteiger charge is 2.15. The maximum Gasteiger partial charge on any atom is 0.118 e. The molecule has 1 unspecified atom stereocenters. The zero-order valence-electron chi connectivity index (χ0n) is 8.29. The van der Waals surface area contributed by atoms with Crippen LogP contribution in [0, 0.1) is 6.92 Å². The van der Waals surface area contributed by atoms with Crippen LogP contribution in [-0.4, -0.2) is 24.9 Å². The van der Waals surface area contributed by atoms with Gasteiger partial charge in [0, 0.05) is 6.54 Å².